The normalized spacial score (nSPS) is 10.8. The van der Waals surface area contributed by atoms with Crippen LogP contribution in [0.2, 0.25) is 0 Å². The summed E-state index contributed by atoms with van der Waals surface area (Å²) in [5, 5.41) is 10.6. The standard InChI is InChI=1S/C20H15F2N5O/c1-11-6-7-16(15(22)8-11)25-17-10-24-9-13(12-4-2-3-5-14(12)21)18(17)19-26-27-20(23)28-19/h2-10,25H,1H3,(H2,23,27). The summed E-state index contributed by atoms with van der Waals surface area (Å²) in [6.45, 7) is 1.79. The third kappa shape index (κ3) is 3.27. The summed E-state index contributed by atoms with van der Waals surface area (Å²) in [6.07, 6.45) is 2.95. The molecule has 0 amide bonds. The van der Waals surface area contributed by atoms with Gasteiger partial charge in [-0.15, -0.1) is 5.10 Å². The van der Waals surface area contributed by atoms with Crippen LogP contribution in [0.3, 0.4) is 0 Å². The van der Waals surface area contributed by atoms with Gasteiger partial charge in [-0.05, 0) is 30.7 Å². The SMILES string of the molecule is Cc1ccc(Nc2cncc(-c3ccccc3F)c2-c2nnc(N)o2)c(F)c1. The molecule has 0 fully saturated rings. The van der Waals surface area contributed by atoms with E-state index in [2.05, 4.69) is 20.5 Å². The smallest absolute Gasteiger partial charge is 0.313 e. The van der Waals surface area contributed by atoms with Crippen molar-refractivity contribution in [2.75, 3.05) is 11.1 Å². The van der Waals surface area contributed by atoms with Crippen LogP contribution in [-0.2, 0) is 0 Å². The Hall–Kier alpha value is -3.81. The first kappa shape index (κ1) is 17.6. The lowest BCUT2D eigenvalue weighted by molar-refractivity contribution is 0.590. The molecule has 0 saturated carbocycles. The van der Waals surface area contributed by atoms with Gasteiger partial charge in [0.05, 0.1) is 23.1 Å². The lowest BCUT2D eigenvalue weighted by atomic mass is 10.00. The van der Waals surface area contributed by atoms with Crippen molar-refractivity contribution in [1.29, 1.82) is 0 Å². The summed E-state index contributed by atoms with van der Waals surface area (Å²) < 4.78 is 34.2. The van der Waals surface area contributed by atoms with Gasteiger partial charge in [-0.1, -0.05) is 29.4 Å². The van der Waals surface area contributed by atoms with Gasteiger partial charge in [0.15, 0.2) is 0 Å². The predicted molar refractivity (Wildman–Crippen MR) is 102 cm³/mol. The van der Waals surface area contributed by atoms with Gasteiger partial charge in [-0.3, -0.25) is 4.98 Å². The highest BCUT2D eigenvalue weighted by Crippen LogP contribution is 2.39. The number of halogens is 2. The third-order valence-corrected chi connectivity index (χ3v) is 4.16. The zero-order chi connectivity index (χ0) is 19.7. The van der Waals surface area contributed by atoms with Crippen molar-refractivity contribution in [3.05, 3.63) is 72.1 Å². The third-order valence-electron chi connectivity index (χ3n) is 4.16. The fraction of sp³-hybridized carbons (Fsp3) is 0.0500. The van der Waals surface area contributed by atoms with E-state index in [0.717, 1.165) is 5.56 Å². The Morgan fingerprint density at radius 2 is 1.75 bits per heavy atom. The van der Waals surface area contributed by atoms with Gasteiger partial charge in [0.25, 0.3) is 5.89 Å². The van der Waals surface area contributed by atoms with Crippen molar-refractivity contribution >= 4 is 17.4 Å². The zero-order valence-electron chi connectivity index (χ0n) is 14.8. The largest absolute Gasteiger partial charge is 0.403 e. The van der Waals surface area contributed by atoms with E-state index in [1.54, 1.807) is 37.3 Å². The fourth-order valence-electron chi connectivity index (χ4n) is 2.87. The number of benzene rings is 2. The molecule has 0 aliphatic carbocycles. The molecule has 4 rings (SSSR count). The molecule has 0 aliphatic heterocycles. The number of anilines is 3. The molecule has 28 heavy (non-hydrogen) atoms. The van der Waals surface area contributed by atoms with E-state index in [9.17, 15) is 8.78 Å². The molecule has 0 bridgehead atoms. The van der Waals surface area contributed by atoms with Crippen LogP contribution in [0.25, 0.3) is 22.6 Å². The summed E-state index contributed by atoms with van der Waals surface area (Å²) in [6, 6.07) is 10.9. The number of nitrogens with two attached hydrogens (primary N) is 1. The van der Waals surface area contributed by atoms with Crippen molar-refractivity contribution in [2.45, 2.75) is 6.92 Å². The Morgan fingerprint density at radius 3 is 2.46 bits per heavy atom. The number of pyridine rings is 1. The molecule has 8 heteroatoms. The number of aromatic nitrogens is 3. The molecule has 4 aromatic rings. The van der Waals surface area contributed by atoms with Crippen molar-refractivity contribution in [3.8, 4) is 22.6 Å². The maximum atomic E-state index is 14.4. The van der Waals surface area contributed by atoms with Crippen molar-refractivity contribution < 1.29 is 13.2 Å². The predicted octanol–water partition coefficient (Wildman–Crippen LogP) is 4.71. The first-order valence-corrected chi connectivity index (χ1v) is 8.38. The number of rotatable bonds is 4. The minimum Gasteiger partial charge on any atom is -0.403 e. The van der Waals surface area contributed by atoms with Crippen LogP contribution >= 0.6 is 0 Å². The monoisotopic (exact) mass is 379 g/mol. The van der Waals surface area contributed by atoms with Crippen molar-refractivity contribution in [2.24, 2.45) is 0 Å². The Kier molecular flexibility index (Phi) is 4.44. The average Bonchev–Trinajstić information content (AvgIpc) is 3.10. The van der Waals surface area contributed by atoms with Gasteiger partial charge >= 0.3 is 6.01 Å². The molecule has 0 saturated heterocycles. The molecule has 2 aromatic heterocycles. The van der Waals surface area contributed by atoms with Crippen LogP contribution < -0.4 is 11.1 Å². The van der Waals surface area contributed by atoms with Gasteiger partial charge in [-0.2, -0.15) is 0 Å². The molecule has 3 N–H and O–H groups in total. The van der Waals surface area contributed by atoms with Crippen LogP contribution in [0.1, 0.15) is 5.56 Å². The number of nitrogen functional groups attached to an aromatic ring is 1. The highest BCUT2D eigenvalue weighted by Gasteiger charge is 2.21. The van der Waals surface area contributed by atoms with E-state index in [1.165, 1.54) is 24.5 Å². The molecular weight excluding hydrogens is 364 g/mol. The molecule has 0 spiro atoms. The maximum Gasteiger partial charge on any atom is 0.313 e. The topological polar surface area (TPSA) is 89.9 Å². The number of aryl methyl sites for hydroxylation is 1. The van der Waals surface area contributed by atoms with Gasteiger partial charge in [0.1, 0.15) is 11.6 Å². The zero-order valence-corrected chi connectivity index (χ0v) is 14.8. The highest BCUT2D eigenvalue weighted by molar-refractivity contribution is 5.89. The van der Waals surface area contributed by atoms with Gasteiger partial charge in [0.2, 0.25) is 0 Å². The lowest BCUT2D eigenvalue weighted by Crippen LogP contribution is -2.00. The van der Waals surface area contributed by atoms with E-state index >= 15 is 0 Å². The Balaban J connectivity index is 1.91. The first-order valence-electron chi connectivity index (χ1n) is 8.38. The number of hydrogen-bond donors (Lipinski definition) is 2. The van der Waals surface area contributed by atoms with Crippen LogP contribution in [0.5, 0.6) is 0 Å². The van der Waals surface area contributed by atoms with Crippen LogP contribution in [0.15, 0.2) is 59.3 Å². The molecule has 140 valence electrons. The first-order chi connectivity index (χ1) is 13.5. The van der Waals surface area contributed by atoms with Crippen LogP contribution in [-0.4, -0.2) is 15.2 Å². The molecule has 2 aromatic carbocycles. The van der Waals surface area contributed by atoms with Crippen LogP contribution in [0.4, 0.5) is 26.2 Å². The fourth-order valence-corrected chi connectivity index (χ4v) is 2.87. The minimum absolute atomic E-state index is 0.0631. The van der Waals surface area contributed by atoms with E-state index < -0.39 is 11.6 Å². The second-order valence-electron chi connectivity index (χ2n) is 6.14. The van der Waals surface area contributed by atoms with Gasteiger partial charge < -0.3 is 15.5 Å². The van der Waals surface area contributed by atoms with E-state index in [1.807, 2.05) is 0 Å². The summed E-state index contributed by atoms with van der Waals surface area (Å²) in [7, 11) is 0. The lowest BCUT2D eigenvalue weighted by Gasteiger charge is -2.14. The Morgan fingerprint density at radius 1 is 0.929 bits per heavy atom. The average molecular weight is 379 g/mol. The van der Waals surface area contributed by atoms with Crippen LogP contribution in [0, 0.1) is 18.6 Å². The van der Waals surface area contributed by atoms with E-state index in [0.29, 0.717) is 16.8 Å². The quantitative estimate of drug-likeness (QED) is 0.534. The minimum atomic E-state index is -0.447. The summed E-state index contributed by atoms with van der Waals surface area (Å²) in [5.41, 5.74) is 8.00. The van der Waals surface area contributed by atoms with Crippen molar-refractivity contribution in [1.82, 2.24) is 15.2 Å². The number of nitrogens with one attached hydrogen (secondary N) is 1. The number of nitrogens with zero attached hydrogens (tertiary/aromatic N) is 3. The van der Waals surface area contributed by atoms with Gasteiger partial charge in [0, 0.05) is 17.3 Å². The summed E-state index contributed by atoms with van der Waals surface area (Å²) in [5.74, 6) is -0.822. The highest BCUT2D eigenvalue weighted by atomic mass is 19.1. The molecule has 0 aliphatic rings. The second-order valence-corrected chi connectivity index (χ2v) is 6.14. The Labute approximate surface area is 159 Å². The second kappa shape index (κ2) is 7.07. The van der Waals surface area contributed by atoms with Crippen molar-refractivity contribution in [3.63, 3.8) is 0 Å². The molecular formula is C20H15F2N5O. The summed E-state index contributed by atoms with van der Waals surface area (Å²) >= 11 is 0. The molecule has 0 atom stereocenters. The van der Waals surface area contributed by atoms with E-state index in [-0.39, 0.29) is 23.2 Å². The van der Waals surface area contributed by atoms with Gasteiger partial charge in [-0.25, -0.2) is 8.78 Å². The van der Waals surface area contributed by atoms with E-state index in [4.69, 9.17) is 10.2 Å². The Bertz CT molecular complexity index is 1160. The molecule has 0 radical (unpaired) electrons. The number of hydrogen-bond acceptors (Lipinski definition) is 6. The molecule has 0 unspecified atom stereocenters. The molecule has 2 heterocycles. The molecule has 6 nitrogen and oxygen atoms in total. The maximum absolute atomic E-state index is 14.4. The summed E-state index contributed by atoms with van der Waals surface area (Å²) in [4.78, 5) is 4.17.